The molecule has 0 bridgehead atoms. The molecule has 2 heterocycles. The predicted octanol–water partition coefficient (Wildman–Crippen LogP) is 1.93. The lowest BCUT2D eigenvalue weighted by Crippen LogP contribution is -2.50. The second-order valence-electron chi connectivity index (χ2n) is 8.26. The first kappa shape index (κ1) is 23.0. The van der Waals surface area contributed by atoms with Crippen molar-refractivity contribution in [3.63, 3.8) is 0 Å². The summed E-state index contributed by atoms with van der Waals surface area (Å²) in [6, 6.07) is 8.13. The highest BCUT2D eigenvalue weighted by atomic mass is 32.2. The number of nitrogens with one attached hydrogen (secondary N) is 1. The number of carbonyl (C=O) groups is 1. The van der Waals surface area contributed by atoms with Gasteiger partial charge in [0.05, 0.1) is 30.4 Å². The standard InChI is InChI=1S/C22H22FN3O6S/c1-22(21(28)25-29,33(2,30)31)5-6-26-12-24-19-9-16(18(23)8-17(19)20(26)27)13-3-4-14-10-32-11-15(14)7-13/h3-4,7-9,12,29H,5-6,10-11H2,1-2H3,(H,25,28). The first-order chi connectivity index (χ1) is 15.5. The number of hydroxylamine groups is 1. The van der Waals surface area contributed by atoms with Crippen molar-refractivity contribution in [2.45, 2.75) is 37.9 Å². The molecule has 1 aliphatic heterocycles. The first-order valence-corrected chi connectivity index (χ1v) is 12.0. The average molecular weight is 475 g/mol. The SMILES string of the molecule is CC(CCn1cnc2cc(-c3ccc4c(c3)COC4)c(F)cc2c1=O)(C(=O)NO)S(C)(=O)=O. The fourth-order valence-electron chi connectivity index (χ4n) is 3.82. The number of hydrogen-bond acceptors (Lipinski definition) is 7. The maximum atomic E-state index is 15.0. The summed E-state index contributed by atoms with van der Waals surface area (Å²) in [6.45, 7) is 1.95. The molecule has 0 aliphatic carbocycles. The number of hydrogen-bond donors (Lipinski definition) is 2. The van der Waals surface area contributed by atoms with Gasteiger partial charge in [-0.05, 0) is 48.2 Å². The highest BCUT2D eigenvalue weighted by molar-refractivity contribution is 7.92. The van der Waals surface area contributed by atoms with Crippen LogP contribution in [0.5, 0.6) is 0 Å². The largest absolute Gasteiger partial charge is 0.372 e. The zero-order valence-electron chi connectivity index (χ0n) is 18.0. The van der Waals surface area contributed by atoms with Crippen molar-refractivity contribution < 1.29 is 27.5 Å². The molecule has 1 atom stereocenters. The van der Waals surface area contributed by atoms with Gasteiger partial charge in [-0.25, -0.2) is 23.3 Å². The van der Waals surface area contributed by atoms with Crippen LogP contribution in [-0.4, -0.2) is 40.1 Å². The minimum Gasteiger partial charge on any atom is -0.372 e. The second kappa shape index (κ2) is 8.32. The lowest BCUT2D eigenvalue weighted by atomic mass is 9.99. The first-order valence-electron chi connectivity index (χ1n) is 10.1. The molecule has 0 spiro atoms. The van der Waals surface area contributed by atoms with Crippen LogP contribution in [-0.2, 0) is 39.1 Å². The van der Waals surface area contributed by atoms with E-state index in [0.717, 1.165) is 34.9 Å². The number of rotatable bonds is 6. The van der Waals surface area contributed by atoms with E-state index in [-0.39, 0.29) is 23.9 Å². The van der Waals surface area contributed by atoms with E-state index in [4.69, 9.17) is 9.94 Å². The number of aryl methyl sites for hydroxylation is 1. The summed E-state index contributed by atoms with van der Waals surface area (Å²) >= 11 is 0. The maximum Gasteiger partial charge on any atom is 0.264 e. The van der Waals surface area contributed by atoms with Crippen molar-refractivity contribution in [1.29, 1.82) is 0 Å². The molecule has 2 N–H and O–H groups in total. The number of halogens is 1. The van der Waals surface area contributed by atoms with Crippen molar-refractivity contribution in [1.82, 2.24) is 15.0 Å². The second-order valence-corrected chi connectivity index (χ2v) is 10.7. The van der Waals surface area contributed by atoms with Crippen LogP contribution < -0.4 is 11.0 Å². The summed E-state index contributed by atoms with van der Waals surface area (Å²) in [6.07, 6.45) is 1.79. The molecule has 1 amide bonds. The topological polar surface area (TPSA) is 128 Å². The Balaban J connectivity index is 1.69. The molecule has 174 valence electrons. The fraction of sp³-hybridized carbons (Fsp3) is 0.318. The fourth-order valence-corrected chi connectivity index (χ4v) is 4.66. The number of fused-ring (bicyclic) bond motifs is 2. The molecule has 9 nitrogen and oxygen atoms in total. The Morgan fingerprint density at radius 3 is 2.70 bits per heavy atom. The summed E-state index contributed by atoms with van der Waals surface area (Å²) in [5.74, 6) is -1.71. The highest BCUT2D eigenvalue weighted by Crippen LogP contribution is 2.30. The summed E-state index contributed by atoms with van der Waals surface area (Å²) in [5, 5.41) is 8.96. The number of amides is 1. The van der Waals surface area contributed by atoms with Gasteiger partial charge in [0.15, 0.2) is 14.6 Å². The molecule has 0 saturated heterocycles. The van der Waals surface area contributed by atoms with E-state index in [1.54, 1.807) is 6.07 Å². The van der Waals surface area contributed by atoms with Crippen LogP contribution in [0.15, 0.2) is 41.5 Å². The summed E-state index contributed by atoms with van der Waals surface area (Å²) in [5.41, 5.74) is 4.04. The molecule has 33 heavy (non-hydrogen) atoms. The van der Waals surface area contributed by atoms with E-state index in [9.17, 15) is 22.4 Å². The average Bonchev–Trinajstić information content (AvgIpc) is 3.25. The molecule has 2 aromatic carbocycles. The third kappa shape index (κ3) is 4.03. The van der Waals surface area contributed by atoms with Crippen LogP contribution >= 0.6 is 0 Å². The van der Waals surface area contributed by atoms with E-state index >= 15 is 0 Å². The van der Waals surface area contributed by atoms with Crippen LogP contribution in [0.25, 0.3) is 22.0 Å². The Labute approximate surface area is 188 Å². The number of benzene rings is 2. The van der Waals surface area contributed by atoms with Gasteiger partial charge in [0.25, 0.3) is 11.5 Å². The summed E-state index contributed by atoms with van der Waals surface area (Å²) < 4.78 is 43.8. The van der Waals surface area contributed by atoms with Gasteiger partial charge < -0.3 is 4.74 Å². The zero-order chi connectivity index (χ0) is 24.0. The summed E-state index contributed by atoms with van der Waals surface area (Å²) in [7, 11) is -3.93. The van der Waals surface area contributed by atoms with Gasteiger partial charge in [0.2, 0.25) is 0 Å². The molecular formula is C22H22FN3O6S. The number of aromatic nitrogens is 2. The molecular weight excluding hydrogens is 453 g/mol. The molecule has 0 fully saturated rings. The van der Waals surface area contributed by atoms with Crippen LogP contribution in [0.3, 0.4) is 0 Å². The maximum absolute atomic E-state index is 15.0. The summed E-state index contributed by atoms with van der Waals surface area (Å²) in [4.78, 5) is 29.2. The van der Waals surface area contributed by atoms with Crippen molar-refractivity contribution in [3.8, 4) is 11.1 Å². The highest BCUT2D eigenvalue weighted by Gasteiger charge is 2.43. The van der Waals surface area contributed by atoms with Crippen LogP contribution in [0.2, 0.25) is 0 Å². The molecule has 0 radical (unpaired) electrons. The van der Waals surface area contributed by atoms with E-state index in [1.807, 2.05) is 12.1 Å². The molecule has 4 rings (SSSR count). The Morgan fingerprint density at radius 1 is 1.27 bits per heavy atom. The predicted molar refractivity (Wildman–Crippen MR) is 118 cm³/mol. The number of ether oxygens (including phenoxy) is 1. The molecule has 0 saturated carbocycles. The van der Waals surface area contributed by atoms with Gasteiger partial charge in [-0.15, -0.1) is 0 Å². The zero-order valence-corrected chi connectivity index (χ0v) is 18.8. The van der Waals surface area contributed by atoms with Gasteiger partial charge in [-0.2, -0.15) is 0 Å². The third-order valence-electron chi connectivity index (χ3n) is 6.18. The Bertz CT molecular complexity index is 1440. The molecule has 3 aromatic rings. The van der Waals surface area contributed by atoms with Gasteiger partial charge >= 0.3 is 0 Å². The quantitative estimate of drug-likeness (QED) is 0.412. The van der Waals surface area contributed by atoms with Gasteiger partial charge in [0, 0.05) is 18.4 Å². The Hall–Kier alpha value is -3.15. The molecule has 1 aromatic heterocycles. The minimum atomic E-state index is -3.93. The number of nitrogens with zero attached hydrogens (tertiary/aromatic N) is 2. The van der Waals surface area contributed by atoms with E-state index < -0.39 is 31.9 Å². The lowest BCUT2D eigenvalue weighted by molar-refractivity contribution is -0.131. The van der Waals surface area contributed by atoms with Crippen molar-refractivity contribution in [3.05, 3.63) is 64.0 Å². The number of carbonyl (C=O) groups excluding carboxylic acids is 1. The van der Waals surface area contributed by atoms with Crippen LogP contribution in [0.4, 0.5) is 4.39 Å². The minimum absolute atomic E-state index is 0.0240. The Kier molecular flexibility index (Phi) is 5.81. The Morgan fingerprint density at radius 2 is 2.00 bits per heavy atom. The third-order valence-corrected chi connectivity index (χ3v) is 8.20. The van der Waals surface area contributed by atoms with Gasteiger partial charge in [-0.1, -0.05) is 12.1 Å². The monoisotopic (exact) mass is 475 g/mol. The molecule has 1 aliphatic rings. The van der Waals surface area contributed by atoms with Crippen LogP contribution in [0, 0.1) is 5.82 Å². The lowest BCUT2D eigenvalue weighted by Gasteiger charge is -2.25. The van der Waals surface area contributed by atoms with Crippen molar-refractivity contribution >= 4 is 26.6 Å². The van der Waals surface area contributed by atoms with Crippen molar-refractivity contribution in [2.75, 3.05) is 6.26 Å². The smallest absolute Gasteiger partial charge is 0.264 e. The molecule has 11 heteroatoms. The van der Waals surface area contributed by atoms with Gasteiger partial charge in [-0.3, -0.25) is 19.4 Å². The van der Waals surface area contributed by atoms with Gasteiger partial charge in [0.1, 0.15) is 5.82 Å². The van der Waals surface area contributed by atoms with Crippen molar-refractivity contribution in [2.24, 2.45) is 0 Å². The normalized spacial score (nSPS) is 15.3. The van der Waals surface area contributed by atoms with E-state index in [2.05, 4.69) is 4.98 Å². The molecule has 1 unspecified atom stereocenters. The van der Waals surface area contributed by atoms with E-state index in [1.165, 1.54) is 17.9 Å². The van der Waals surface area contributed by atoms with E-state index in [0.29, 0.717) is 24.3 Å². The van der Waals surface area contributed by atoms with Crippen LogP contribution in [0.1, 0.15) is 24.5 Å². The number of sulfone groups is 1.